The highest BCUT2D eigenvalue weighted by molar-refractivity contribution is 5.73. The van der Waals surface area contributed by atoms with Crippen LogP contribution < -0.4 is 10.6 Å². The van der Waals surface area contributed by atoms with Crippen molar-refractivity contribution < 1.29 is 4.79 Å². The number of hydrogen-bond acceptors (Lipinski definition) is 2. The Balaban J connectivity index is 2.52. The lowest BCUT2D eigenvalue weighted by molar-refractivity contribution is 0.241. The molecule has 1 rings (SSSR count). The maximum absolute atomic E-state index is 11.2. The van der Waals surface area contributed by atoms with Crippen LogP contribution in [0.2, 0.25) is 0 Å². The molecular formula is C10H18N4O. The fraction of sp³-hybridized carbons (Fsp3) is 0.600. The number of nitrogens with zero attached hydrogens (tertiary/aromatic N) is 2. The van der Waals surface area contributed by atoms with Gasteiger partial charge in [0.2, 0.25) is 0 Å². The SMILES string of the molecule is CCNC(=O)NCc1cn(C)nc1CC. The summed E-state index contributed by atoms with van der Waals surface area (Å²) in [5, 5.41) is 9.77. The molecule has 1 aromatic rings. The molecule has 5 nitrogen and oxygen atoms in total. The first-order valence-electron chi connectivity index (χ1n) is 5.20. The van der Waals surface area contributed by atoms with Gasteiger partial charge < -0.3 is 10.6 Å². The van der Waals surface area contributed by atoms with E-state index in [1.807, 2.05) is 20.2 Å². The predicted octanol–water partition coefficient (Wildman–Crippen LogP) is 0.802. The summed E-state index contributed by atoms with van der Waals surface area (Å²) < 4.78 is 1.77. The van der Waals surface area contributed by atoms with Gasteiger partial charge in [0.05, 0.1) is 5.69 Å². The van der Waals surface area contributed by atoms with Crippen LogP contribution in [-0.4, -0.2) is 22.4 Å². The van der Waals surface area contributed by atoms with Crippen LogP contribution in [0.5, 0.6) is 0 Å². The van der Waals surface area contributed by atoms with Gasteiger partial charge in [-0.1, -0.05) is 6.92 Å². The fourth-order valence-corrected chi connectivity index (χ4v) is 1.43. The molecule has 1 heterocycles. The lowest BCUT2D eigenvalue weighted by Crippen LogP contribution is -2.34. The van der Waals surface area contributed by atoms with E-state index in [9.17, 15) is 4.79 Å². The van der Waals surface area contributed by atoms with Gasteiger partial charge in [-0.15, -0.1) is 0 Å². The minimum absolute atomic E-state index is 0.136. The maximum Gasteiger partial charge on any atom is 0.315 e. The number of nitrogens with one attached hydrogen (secondary N) is 2. The number of urea groups is 1. The number of hydrogen-bond donors (Lipinski definition) is 2. The van der Waals surface area contributed by atoms with Crippen molar-refractivity contribution in [3.8, 4) is 0 Å². The van der Waals surface area contributed by atoms with Crippen LogP contribution in [0.1, 0.15) is 25.1 Å². The van der Waals surface area contributed by atoms with Crippen molar-refractivity contribution in [1.29, 1.82) is 0 Å². The number of aryl methyl sites for hydroxylation is 2. The first-order chi connectivity index (χ1) is 7.17. The highest BCUT2D eigenvalue weighted by atomic mass is 16.2. The highest BCUT2D eigenvalue weighted by Crippen LogP contribution is 2.06. The standard InChI is InChI=1S/C10H18N4O/c1-4-9-8(7-14(3)13-9)6-12-10(15)11-5-2/h7H,4-6H2,1-3H3,(H2,11,12,15). The van der Waals surface area contributed by atoms with Crippen molar-refractivity contribution in [3.05, 3.63) is 17.5 Å². The quantitative estimate of drug-likeness (QED) is 0.772. The van der Waals surface area contributed by atoms with Gasteiger partial charge in [-0.3, -0.25) is 4.68 Å². The number of amides is 2. The molecule has 0 spiro atoms. The molecule has 5 heteroatoms. The molecule has 0 saturated carbocycles. The Morgan fingerprint density at radius 3 is 2.80 bits per heavy atom. The van der Waals surface area contributed by atoms with Crippen LogP contribution in [0.25, 0.3) is 0 Å². The molecule has 0 aliphatic heterocycles. The van der Waals surface area contributed by atoms with Gasteiger partial charge >= 0.3 is 6.03 Å². The Bertz CT molecular complexity index is 332. The third-order valence-electron chi connectivity index (χ3n) is 2.10. The maximum atomic E-state index is 11.2. The van der Waals surface area contributed by atoms with E-state index in [0.717, 1.165) is 17.7 Å². The fourth-order valence-electron chi connectivity index (χ4n) is 1.43. The summed E-state index contributed by atoms with van der Waals surface area (Å²) in [4.78, 5) is 11.2. The summed E-state index contributed by atoms with van der Waals surface area (Å²) in [6.07, 6.45) is 2.82. The Morgan fingerprint density at radius 1 is 1.47 bits per heavy atom. The van der Waals surface area contributed by atoms with Crippen LogP contribution in [-0.2, 0) is 20.0 Å². The van der Waals surface area contributed by atoms with Gasteiger partial charge in [0.15, 0.2) is 0 Å². The molecule has 0 aliphatic carbocycles. The van der Waals surface area contributed by atoms with E-state index in [4.69, 9.17) is 0 Å². The number of aromatic nitrogens is 2. The van der Waals surface area contributed by atoms with Crippen LogP contribution >= 0.6 is 0 Å². The van der Waals surface area contributed by atoms with E-state index >= 15 is 0 Å². The minimum Gasteiger partial charge on any atom is -0.338 e. The Labute approximate surface area is 89.9 Å². The first-order valence-corrected chi connectivity index (χ1v) is 5.20. The van der Waals surface area contributed by atoms with Crippen molar-refractivity contribution >= 4 is 6.03 Å². The number of rotatable bonds is 4. The summed E-state index contributed by atoms with van der Waals surface area (Å²) >= 11 is 0. The van der Waals surface area contributed by atoms with Crippen molar-refractivity contribution in [1.82, 2.24) is 20.4 Å². The Morgan fingerprint density at radius 2 is 2.20 bits per heavy atom. The zero-order valence-electron chi connectivity index (χ0n) is 9.50. The monoisotopic (exact) mass is 210 g/mol. The summed E-state index contributed by atoms with van der Waals surface area (Å²) in [7, 11) is 1.88. The first kappa shape index (κ1) is 11.6. The van der Waals surface area contributed by atoms with Crippen molar-refractivity contribution in [2.45, 2.75) is 26.8 Å². The summed E-state index contributed by atoms with van der Waals surface area (Å²) in [5.74, 6) is 0. The molecule has 0 bridgehead atoms. The largest absolute Gasteiger partial charge is 0.338 e. The van der Waals surface area contributed by atoms with Crippen molar-refractivity contribution in [2.75, 3.05) is 6.54 Å². The minimum atomic E-state index is -0.136. The molecular weight excluding hydrogens is 192 g/mol. The van der Waals surface area contributed by atoms with Gasteiger partial charge in [-0.2, -0.15) is 5.10 Å². The number of carbonyl (C=O) groups excluding carboxylic acids is 1. The molecule has 0 aromatic carbocycles. The zero-order chi connectivity index (χ0) is 11.3. The second-order valence-corrected chi connectivity index (χ2v) is 3.34. The van der Waals surface area contributed by atoms with Crippen LogP contribution in [0.15, 0.2) is 6.20 Å². The highest BCUT2D eigenvalue weighted by Gasteiger charge is 2.06. The second-order valence-electron chi connectivity index (χ2n) is 3.34. The zero-order valence-corrected chi connectivity index (χ0v) is 9.50. The molecule has 1 aromatic heterocycles. The Hall–Kier alpha value is -1.52. The third-order valence-corrected chi connectivity index (χ3v) is 2.10. The molecule has 15 heavy (non-hydrogen) atoms. The number of carbonyl (C=O) groups is 1. The molecule has 2 N–H and O–H groups in total. The van der Waals surface area contributed by atoms with Crippen molar-refractivity contribution in [3.63, 3.8) is 0 Å². The molecule has 84 valence electrons. The van der Waals surface area contributed by atoms with Crippen LogP contribution in [0.4, 0.5) is 4.79 Å². The molecule has 0 unspecified atom stereocenters. The summed E-state index contributed by atoms with van der Waals surface area (Å²) in [6, 6.07) is -0.136. The predicted molar refractivity (Wildman–Crippen MR) is 58.5 cm³/mol. The van der Waals surface area contributed by atoms with Crippen LogP contribution in [0, 0.1) is 0 Å². The van der Waals surface area contributed by atoms with Gasteiger partial charge in [0, 0.05) is 31.9 Å². The van der Waals surface area contributed by atoms with E-state index in [1.165, 1.54) is 0 Å². The van der Waals surface area contributed by atoms with E-state index in [0.29, 0.717) is 13.1 Å². The average Bonchev–Trinajstić information content (AvgIpc) is 2.56. The van der Waals surface area contributed by atoms with Gasteiger partial charge in [-0.05, 0) is 13.3 Å². The van der Waals surface area contributed by atoms with Gasteiger partial charge in [0.1, 0.15) is 0 Å². The molecule has 0 radical (unpaired) electrons. The molecule has 0 fully saturated rings. The summed E-state index contributed by atoms with van der Waals surface area (Å²) in [6.45, 7) is 5.11. The third kappa shape index (κ3) is 3.27. The molecule has 0 aliphatic rings. The smallest absolute Gasteiger partial charge is 0.315 e. The average molecular weight is 210 g/mol. The normalized spacial score (nSPS) is 10.1. The van der Waals surface area contributed by atoms with E-state index < -0.39 is 0 Å². The topological polar surface area (TPSA) is 59.0 Å². The molecule has 0 saturated heterocycles. The second kappa shape index (κ2) is 5.38. The summed E-state index contributed by atoms with van der Waals surface area (Å²) in [5.41, 5.74) is 2.11. The van der Waals surface area contributed by atoms with Gasteiger partial charge in [-0.25, -0.2) is 4.79 Å². The van der Waals surface area contributed by atoms with E-state index in [1.54, 1.807) is 4.68 Å². The van der Waals surface area contributed by atoms with E-state index in [2.05, 4.69) is 22.7 Å². The lowest BCUT2D eigenvalue weighted by Gasteiger charge is -2.04. The van der Waals surface area contributed by atoms with Crippen LogP contribution in [0.3, 0.4) is 0 Å². The molecule has 2 amide bonds. The molecule has 0 atom stereocenters. The van der Waals surface area contributed by atoms with Gasteiger partial charge in [0.25, 0.3) is 0 Å². The van der Waals surface area contributed by atoms with E-state index in [-0.39, 0.29) is 6.03 Å². The Kier molecular flexibility index (Phi) is 4.15. The lowest BCUT2D eigenvalue weighted by atomic mass is 10.2. The van der Waals surface area contributed by atoms with Crippen molar-refractivity contribution in [2.24, 2.45) is 7.05 Å².